The van der Waals surface area contributed by atoms with Crippen LogP contribution in [0.2, 0.25) is 0 Å². The number of aliphatic hydroxyl groups excluding tert-OH is 1. The zero-order valence-electron chi connectivity index (χ0n) is 10.3. The van der Waals surface area contributed by atoms with Crippen LogP contribution in [0.5, 0.6) is 0 Å². The summed E-state index contributed by atoms with van der Waals surface area (Å²) in [6.45, 7) is 4.40. The van der Waals surface area contributed by atoms with Crippen LogP contribution in [0.4, 0.5) is 0 Å². The summed E-state index contributed by atoms with van der Waals surface area (Å²) >= 11 is 0. The molecule has 0 aromatic heterocycles. The molecular weight excluding hydrogens is 196 g/mol. The average Bonchev–Trinajstić information content (AvgIpc) is 3.13. The van der Waals surface area contributed by atoms with E-state index in [0.29, 0.717) is 0 Å². The molecule has 0 amide bonds. The molecule has 0 unspecified atom stereocenters. The Bertz CT molecular complexity index is 352. The van der Waals surface area contributed by atoms with E-state index in [1.807, 2.05) is 6.92 Å². The second-order valence-corrected chi connectivity index (χ2v) is 4.88. The predicted molar refractivity (Wildman–Crippen MR) is 67.5 cm³/mol. The van der Waals surface area contributed by atoms with E-state index in [2.05, 4.69) is 25.1 Å². The van der Waals surface area contributed by atoms with Crippen LogP contribution in [0.3, 0.4) is 0 Å². The molecule has 1 aromatic rings. The van der Waals surface area contributed by atoms with Crippen molar-refractivity contribution in [2.45, 2.75) is 45.4 Å². The maximum Gasteiger partial charge on any atom is 0.0534 e. The molecule has 2 rings (SSSR count). The molecule has 0 spiro atoms. The van der Waals surface area contributed by atoms with Gasteiger partial charge in [0, 0.05) is 5.92 Å². The molecular formula is C15H21O. The van der Waals surface area contributed by atoms with Gasteiger partial charge in [-0.25, -0.2) is 0 Å². The van der Waals surface area contributed by atoms with Gasteiger partial charge in [-0.2, -0.15) is 0 Å². The van der Waals surface area contributed by atoms with Gasteiger partial charge in [-0.05, 0) is 41.9 Å². The van der Waals surface area contributed by atoms with Crippen LogP contribution in [0.25, 0.3) is 0 Å². The van der Waals surface area contributed by atoms with E-state index < -0.39 is 0 Å². The monoisotopic (exact) mass is 217 g/mol. The first-order chi connectivity index (χ1) is 7.76. The largest absolute Gasteiger partial charge is 0.395 e. The lowest BCUT2D eigenvalue weighted by atomic mass is 9.93. The molecule has 0 aliphatic heterocycles. The van der Waals surface area contributed by atoms with Crippen molar-refractivity contribution in [1.82, 2.24) is 0 Å². The van der Waals surface area contributed by atoms with Crippen LogP contribution in [0.1, 0.15) is 55.7 Å². The van der Waals surface area contributed by atoms with Crippen molar-refractivity contribution in [1.29, 1.82) is 0 Å². The summed E-state index contributed by atoms with van der Waals surface area (Å²) in [5.74, 6) is 1.87. The van der Waals surface area contributed by atoms with Gasteiger partial charge in [0.25, 0.3) is 0 Å². The molecule has 1 heteroatoms. The highest BCUT2D eigenvalue weighted by molar-refractivity contribution is 5.42. The number of hydrogen-bond donors (Lipinski definition) is 1. The van der Waals surface area contributed by atoms with Crippen LogP contribution in [0, 0.1) is 5.92 Å². The summed E-state index contributed by atoms with van der Waals surface area (Å²) in [6, 6.07) is 6.71. The minimum Gasteiger partial charge on any atom is -0.395 e. The molecule has 0 heterocycles. The van der Waals surface area contributed by atoms with Gasteiger partial charge in [-0.15, -0.1) is 0 Å². The molecule has 16 heavy (non-hydrogen) atoms. The summed E-state index contributed by atoms with van der Waals surface area (Å²) in [4.78, 5) is 0. The van der Waals surface area contributed by atoms with Crippen LogP contribution >= 0.6 is 0 Å². The molecule has 0 bridgehead atoms. The fourth-order valence-corrected chi connectivity index (χ4v) is 2.22. The van der Waals surface area contributed by atoms with E-state index >= 15 is 0 Å². The first kappa shape index (κ1) is 11.7. The third-order valence-electron chi connectivity index (χ3n) is 3.41. The number of benzene rings is 1. The lowest BCUT2D eigenvalue weighted by Gasteiger charge is -2.13. The minimum absolute atomic E-state index is 0.164. The average molecular weight is 217 g/mol. The second kappa shape index (κ2) is 5.01. The van der Waals surface area contributed by atoms with Crippen LogP contribution in [0.15, 0.2) is 18.2 Å². The Balaban J connectivity index is 2.28. The molecule has 0 atom stereocenters. The van der Waals surface area contributed by atoms with Crippen LogP contribution < -0.4 is 0 Å². The Morgan fingerprint density at radius 2 is 2.12 bits per heavy atom. The van der Waals surface area contributed by atoms with Crippen LogP contribution in [-0.4, -0.2) is 11.7 Å². The SMILES string of the molecule is CCCc1ccc([C](C)CO)cc1C1CC1. The zero-order valence-corrected chi connectivity index (χ0v) is 10.3. The lowest BCUT2D eigenvalue weighted by Crippen LogP contribution is -2.02. The molecule has 1 aliphatic carbocycles. The first-order valence-corrected chi connectivity index (χ1v) is 6.32. The Kier molecular flexibility index (Phi) is 3.65. The fraction of sp³-hybridized carbons (Fsp3) is 0.533. The number of rotatable bonds is 5. The van der Waals surface area contributed by atoms with Gasteiger partial charge in [-0.1, -0.05) is 38.5 Å². The van der Waals surface area contributed by atoms with Gasteiger partial charge in [-0.3, -0.25) is 0 Å². The van der Waals surface area contributed by atoms with Crippen molar-refractivity contribution in [2.75, 3.05) is 6.61 Å². The second-order valence-electron chi connectivity index (χ2n) is 4.88. The smallest absolute Gasteiger partial charge is 0.0534 e. The van der Waals surface area contributed by atoms with Crippen LogP contribution in [-0.2, 0) is 6.42 Å². The molecule has 1 aromatic carbocycles. The quantitative estimate of drug-likeness (QED) is 0.801. The predicted octanol–water partition coefficient (Wildman–Crippen LogP) is 3.45. The Morgan fingerprint density at radius 3 is 2.69 bits per heavy atom. The Morgan fingerprint density at radius 1 is 1.38 bits per heavy atom. The van der Waals surface area contributed by atoms with E-state index in [4.69, 9.17) is 5.11 Å². The summed E-state index contributed by atoms with van der Waals surface area (Å²) < 4.78 is 0. The maximum absolute atomic E-state index is 9.17. The zero-order chi connectivity index (χ0) is 11.5. The highest BCUT2D eigenvalue weighted by Crippen LogP contribution is 2.42. The van der Waals surface area contributed by atoms with Crippen molar-refractivity contribution in [3.63, 3.8) is 0 Å². The number of aryl methyl sites for hydroxylation is 1. The van der Waals surface area contributed by atoms with E-state index in [1.54, 1.807) is 0 Å². The summed E-state index contributed by atoms with van der Waals surface area (Å²) in [5, 5.41) is 9.17. The summed E-state index contributed by atoms with van der Waals surface area (Å²) in [6.07, 6.45) is 5.09. The molecule has 1 nitrogen and oxygen atoms in total. The van der Waals surface area contributed by atoms with Gasteiger partial charge in [0.15, 0.2) is 0 Å². The van der Waals surface area contributed by atoms with Crippen molar-refractivity contribution < 1.29 is 5.11 Å². The molecule has 0 saturated heterocycles. The highest BCUT2D eigenvalue weighted by Gasteiger charge is 2.26. The van der Waals surface area contributed by atoms with E-state index in [1.165, 1.54) is 42.4 Å². The van der Waals surface area contributed by atoms with E-state index in [0.717, 1.165) is 11.8 Å². The van der Waals surface area contributed by atoms with Crippen molar-refractivity contribution >= 4 is 0 Å². The molecule has 1 saturated carbocycles. The number of hydrogen-bond acceptors (Lipinski definition) is 1. The maximum atomic E-state index is 9.17. The molecule has 1 fully saturated rings. The third-order valence-corrected chi connectivity index (χ3v) is 3.41. The van der Waals surface area contributed by atoms with Gasteiger partial charge in [0.05, 0.1) is 6.61 Å². The van der Waals surface area contributed by atoms with Gasteiger partial charge in [0.2, 0.25) is 0 Å². The topological polar surface area (TPSA) is 20.2 Å². The van der Waals surface area contributed by atoms with Crippen molar-refractivity contribution in [3.05, 3.63) is 40.8 Å². The Labute approximate surface area is 98.5 Å². The standard InChI is InChI=1S/C15H21O/c1-3-4-12-7-8-14(11(2)10-16)9-15(12)13-5-6-13/h7-9,13,16H,3-6,10H2,1-2H3. The molecule has 1 N–H and O–H groups in total. The Hall–Kier alpha value is -0.820. The van der Waals surface area contributed by atoms with Crippen molar-refractivity contribution in [2.24, 2.45) is 0 Å². The van der Waals surface area contributed by atoms with E-state index in [-0.39, 0.29) is 6.61 Å². The fourth-order valence-electron chi connectivity index (χ4n) is 2.22. The van der Waals surface area contributed by atoms with E-state index in [9.17, 15) is 0 Å². The number of aliphatic hydroxyl groups is 1. The molecule has 1 aliphatic rings. The molecule has 1 radical (unpaired) electrons. The van der Waals surface area contributed by atoms with Gasteiger partial charge < -0.3 is 5.11 Å². The normalized spacial score (nSPS) is 15.8. The van der Waals surface area contributed by atoms with Gasteiger partial charge in [0.1, 0.15) is 0 Å². The molecule has 87 valence electrons. The summed E-state index contributed by atoms with van der Waals surface area (Å²) in [7, 11) is 0. The lowest BCUT2D eigenvalue weighted by molar-refractivity contribution is 0.315. The minimum atomic E-state index is 0.164. The highest BCUT2D eigenvalue weighted by atomic mass is 16.3. The first-order valence-electron chi connectivity index (χ1n) is 6.32. The van der Waals surface area contributed by atoms with Crippen molar-refractivity contribution in [3.8, 4) is 0 Å². The summed E-state index contributed by atoms with van der Waals surface area (Å²) in [5.41, 5.74) is 4.26. The third kappa shape index (κ3) is 2.46. The van der Waals surface area contributed by atoms with Gasteiger partial charge >= 0.3 is 0 Å².